The summed E-state index contributed by atoms with van der Waals surface area (Å²) in [6.45, 7) is 4.56. The molecule has 1 heterocycles. The van der Waals surface area contributed by atoms with E-state index in [1.807, 2.05) is 6.92 Å². The molecule has 6 nitrogen and oxygen atoms in total. The van der Waals surface area contributed by atoms with Gasteiger partial charge in [-0.05, 0) is 61.9 Å². The third-order valence-corrected chi connectivity index (χ3v) is 5.83. The summed E-state index contributed by atoms with van der Waals surface area (Å²) in [6.07, 6.45) is 2.78. The molecular weight excluding hydrogens is 378 g/mol. The minimum atomic E-state index is -0.408. The molecule has 1 aliphatic carbocycles. The number of esters is 1. The van der Waals surface area contributed by atoms with E-state index in [0.717, 1.165) is 35.5 Å². The number of ether oxygens (including phenoxy) is 3. The molecule has 150 valence electrons. The highest BCUT2D eigenvalue weighted by Gasteiger charge is 2.28. The molecule has 7 heteroatoms. The van der Waals surface area contributed by atoms with Gasteiger partial charge in [0.05, 0.1) is 19.3 Å². The summed E-state index contributed by atoms with van der Waals surface area (Å²) in [5.74, 6) is 1.18. The number of carbonyl (C=O) groups excluding carboxylic acids is 2. The molecule has 1 atom stereocenters. The average molecular weight is 404 g/mol. The third-order valence-electron chi connectivity index (χ3n) is 4.66. The summed E-state index contributed by atoms with van der Waals surface area (Å²) < 4.78 is 15.9. The van der Waals surface area contributed by atoms with Gasteiger partial charge in [-0.1, -0.05) is 6.92 Å². The van der Waals surface area contributed by atoms with Gasteiger partial charge in [0.25, 0.3) is 5.91 Å². The van der Waals surface area contributed by atoms with E-state index in [9.17, 15) is 9.59 Å². The molecule has 0 radical (unpaired) electrons. The van der Waals surface area contributed by atoms with Crippen LogP contribution in [0.1, 0.15) is 41.1 Å². The first-order valence-corrected chi connectivity index (χ1v) is 10.2. The molecule has 3 rings (SSSR count). The van der Waals surface area contributed by atoms with Crippen LogP contribution in [0, 0.1) is 5.92 Å². The Morgan fingerprint density at radius 3 is 2.50 bits per heavy atom. The zero-order chi connectivity index (χ0) is 20.1. The molecule has 2 aromatic rings. The van der Waals surface area contributed by atoms with Gasteiger partial charge >= 0.3 is 5.97 Å². The summed E-state index contributed by atoms with van der Waals surface area (Å²) in [7, 11) is 1.36. The van der Waals surface area contributed by atoms with Gasteiger partial charge in [0.15, 0.2) is 6.61 Å². The largest absolute Gasteiger partial charge is 0.494 e. The van der Waals surface area contributed by atoms with Crippen molar-refractivity contribution in [1.29, 1.82) is 0 Å². The van der Waals surface area contributed by atoms with Crippen LogP contribution >= 0.6 is 11.3 Å². The van der Waals surface area contributed by atoms with Crippen LogP contribution in [0.25, 0.3) is 0 Å². The topological polar surface area (TPSA) is 73.9 Å². The average Bonchev–Trinajstić information content (AvgIpc) is 3.03. The monoisotopic (exact) mass is 403 g/mol. The second kappa shape index (κ2) is 9.10. The number of benzene rings is 1. The zero-order valence-electron chi connectivity index (χ0n) is 16.4. The number of amides is 1. The molecule has 1 N–H and O–H groups in total. The van der Waals surface area contributed by atoms with Crippen molar-refractivity contribution in [3.05, 3.63) is 40.3 Å². The SMILES string of the molecule is CCOc1ccc(OCC(=O)Nc2sc3c(c2C(=O)OC)CCC(C)C3)cc1. The van der Waals surface area contributed by atoms with Gasteiger partial charge in [-0.2, -0.15) is 0 Å². The van der Waals surface area contributed by atoms with Crippen LogP contribution in [0.4, 0.5) is 5.00 Å². The van der Waals surface area contributed by atoms with Crippen molar-refractivity contribution in [3.8, 4) is 11.5 Å². The summed E-state index contributed by atoms with van der Waals surface area (Å²) in [6, 6.07) is 7.09. The molecule has 0 spiro atoms. The molecule has 1 unspecified atom stereocenters. The molecule has 1 aromatic heterocycles. The van der Waals surface area contributed by atoms with Gasteiger partial charge in [-0.3, -0.25) is 4.79 Å². The molecular formula is C21H25NO5S. The number of thiophene rings is 1. The maximum Gasteiger partial charge on any atom is 0.341 e. The number of fused-ring (bicyclic) bond motifs is 1. The van der Waals surface area contributed by atoms with Gasteiger partial charge in [-0.25, -0.2) is 4.79 Å². The predicted octanol–water partition coefficient (Wildman–Crippen LogP) is 4.08. The molecule has 1 aromatic carbocycles. The van der Waals surface area contributed by atoms with Crippen molar-refractivity contribution in [2.45, 2.75) is 33.1 Å². The number of methoxy groups -OCH3 is 1. The Balaban J connectivity index is 1.67. The van der Waals surface area contributed by atoms with Crippen LogP contribution in [-0.4, -0.2) is 32.2 Å². The molecule has 0 saturated heterocycles. The van der Waals surface area contributed by atoms with E-state index in [0.29, 0.717) is 28.8 Å². The molecule has 1 amide bonds. The summed E-state index contributed by atoms with van der Waals surface area (Å²) in [5.41, 5.74) is 1.50. The number of nitrogens with one attached hydrogen (secondary N) is 1. The highest BCUT2D eigenvalue weighted by atomic mass is 32.1. The Morgan fingerprint density at radius 1 is 1.18 bits per heavy atom. The van der Waals surface area contributed by atoms with E-state index in [4.69, 9.17) is 14.2 Å². The minimum absolute atomic E-state index is 0.145. The number of hydrogen-bond donors (Lipinski definition) is 1. The van der Waals surface area contributed by atoms with Crippen LogP contribution in [0.5, 0.6) is 11.5 Å². The molecule has 0 aliphatic heterocycles. The maximum atomic E-state index is 12.4. The summed E-state index contributed by atoms with van der Waals surface area (Å²) >= 11 is 1.46. The van der Waals surface area contributed by atoms with Gasteiger partial charge in [0.2, 0.25) is 0 Å². The van der Waals surface area contributed by atoms with Crippen LogP contribution < -0.4 is 14.8 Å². The highest BCUT2D eigenvalue weighted by Crippen LogP contribution is 2.40. The van der Waals surface area contributed by atoms with Gasteiger partial charge in [0.1, 0.15) is 16.5 Å². The van der Waals surface area contributed by atoms with E-state index >= 15 is 0 Å². The van der Waals surface area contributed by atoms with Crippen molar-refractivity contribution in [3.63, 3.8) is 0 Å². The molecule has 28 heavy (non-hydrogen) atoms. The second-order valence-corrected chi connectivity index (χ2v) is 7.89. The Hall–Kier alpha value is -2.54. The first kappa shape index (κ1) is 20.2. The van der Waals surface area contributed by atoms with Crippen LogP contribution in [0.3, 0.4) is 0 Å². The lowest BCUT2D eigenvalue weighted by molar-refractivity contribution is -0.118. The number of rotatable bonds is 7. The smallest absolute Gasteiger partial charge is 0.341 e. The summed E-state index contributed by atoms with van der Waals surface area (Å²) in [4.78, 5) is 25.8. The van der Waals surface area contributed by atoms with E-state index in [1.165, 1.54) is 18.4 Å². The number of hydrogen-bond acceptors (Lipinski definition) is 6. The Kier molecular flexibility index (Phi) is 6.57. The Bertz CT molecular complexity index is 843. The lowest BCUT2D eigenvalue weighted by atomic mass is 9.88. The third kappa shape index (κ3) is 4.65. The van der Waals surface area contributed by atoms with E-state index in [2.05, 4.69) is 12.2 Å². The van der Waals surface area contributed by atoms with Crippen LogP contribution in [0.15, 0.2) is 24.3 Å². The quantitative estimate of drug-likeness (QED) is 0.705. The number of carbonyl (C=O) groups is 2. The van der Waals surface area contributed by atoms with Crippen molar-refractivity contribution in [1.82, 2.24) is 0 Å². The fourth-order valence-corrected chi connectivity index (χ4v) is 4.68. The van der Waals surface area contributed by atoms with E-state index in [-0.39, 0.29) is 12.5 Å². The normalized spacial score (nSPS) is 15.5. The first-order valence-electron chi connectivity index (χ1n) is 9.40. The minimum Gasteiger partial charge on any atom is -0.494 e. The van der Waals surface area contributed by atoms with Crippen molar-refractivity contribution in [2.24, 2.45) is 5.92 Å². The first-order chi connectivity index (χ1) is 13.5. The van der Waals surface area contributed by atoms with Gasteiger partial charge in [0, 0.05) is 4.88 Å². The number of anilines is 1. The van der Waals surface area contributed by atoms with E-state index < -0.39 is 5.97 Å². The molecule has 0 fully saturated rings. The van der Waals surface area contributed by atoms with Crippen LogP contribution in [-0.2, 0) is 22.4 Å². The fourth-order valence-electron chi connectivity index (χ4n) is 3.27. The molecule has 1 aliphatic rings. The standard InChI is InChI=1S/C21H25NO5S/c1-4-26-14-6-8-15(9-7-14)27-12-18(23)22-20-19(21(24)25-3)16-10-5-13(2)11-17(16)28-20/h6-9,13H,4-5,10-12H2,1-3H3,(H,22,23). The van der Waals surface area contributed by atoms with Crippen LogP contribution in [0.2, 0.25) is 0 Å². The molecule has 0 bridgehead atoms. The molecule has 0 saturated carbocycles. The second-order valence-electron chi connectivity index (χ2n) is 6.79. The lowest BCUT2D eigenvalue weighted by Crippen LogP contribution is -2.21. The van der Waals surface area contributed by atoms with E-state index in [1.54, 1.807) is 24.3 Å². The maximum absolute atomic E-state index is 12.4. The van der Waals surface area contributed by atoms with Crippen molar-refractivity contribution >= 4 is 28.2 Å². The zero-order valence-corrected chi connectivity index (χ0v) is 17.2. The summed E-state index contributed by atoms with van der Waals surface area (Å²) in [5, 5.41) is 3.38. The Labute approximate surface area is 168 Å². The Morgan fingerprint density at radius 2 is 1.86 bits per heavy atom. The van der Waals surface area contributed by atoms with Gasteiger partial charge < -0.3 is 19.5 Å². The highest BCUT2D eigenvalue weighted by molar-refractivity contribution is 7.17. The van der Waals surface area contributed by atoms with Gasteiger partial charge in [-0.15, -0.1) is 11.3 Å². The lowest BCUT2D eigenvalue weighted by Gasteiger charge is -2.18. The fraction of sp³-hybridized carbons (Fsp3) is 0.429. The predicted molar refractivity (Wildman–Crippen MR) is 109 cm³/mol. The van der Waals surface area contributed by atoms with Crippen molar-refractivity contribution < 1.29 is 23.8 Å². The van der Waals surface area contributed by atoms with Crippen molar-refractivity contribution in [2.75, 3.05) is 25.6 Å².